The molecule has 1 aromatic heterocycles. The van der Waals surface area contributed by atoms with Gasteiger partial charge in [0.05, 0.1) is 23.3 Å². The molecule has 0 spiro atoms. The lowest BCUT2D eigenvalue weighted by Crippen LogP contribution is -2.07. The average Bonchev–Trinajstić information content (AvgIpc) is 2.79. The molecular formula is C17H13Cl2F3N2. The predicted molar refractivity (Wildman–Crippen MR) is 89.8 cm³/mol. The Balaban J connectivity index is 2.17. The average molecular weight is 373 g/mol. The van der Waals surface area contributed by atoms with Crippen molar-refractivity contribution in [3.63, 3.8) is 0 Å². The topological polar surface area (TPSA) is 17.8 Å². The fraction of sp³-hybridized carbons (Fsp3) is 0.235. The number of aryl methyl sites for hydroxylation is 2. The number of fused-ring (bicyclic) bond motifs is 1. The molecule has 0 aliphatic carbocycles. The first-order chi connectivity index (χ1) is 11.2. The van der Waals surface area contributed by atoms with E-state index in [-0.39, 0.29) is 6.54 Å². The molecule has 2 aromatic carbocycles. The third-order valence-electron chi connectivity index (χ3n) is 3.92. The zero-order valence-corrected chi connectivity index (χ0v) is 14.4. The van der Waals surface area contributed by atoms with Gasteiger partial charge in [-0.25, -0.2) is 0 Å². The van der Waals surface area contributed by atoms with E-state index in [2.05, 4.69) is 5.10 Å². The largest absolute Gasteiger partial charge is 0.416 e. The van der Waals surface area contributed by atoms with E-state index < -0.39 is 11.7 Å². The number of hydrogen-bond acceptors (Lipinski definition) is 1. The van der Waals surface area contributed by atoms with Crippen LogP contribution in [0.4, 0.5) is 13.2 Å². The summed E-state index contributed by atoms with van der Waals surface area (Å²) in [6, 6.07) is 7.44. The first-order valence-electron chi connectivity index (χ1n) is 7.16. The Morgan fingerprint density at radius 2 is 1.71 bits per heavy atom. The molecule has 3 rings (SSSR count). The molecule has 0 amide bonds. The number of alkyl halides is 3. The molecule has 0 N–H and O–H groups in total. The monoisotopic (exact) mass is 372 g/mol. The second-order valence-corrected chi connectivity index (χ2v) is 6.44. The summed E-state index contributed by atoms with van der Waals surface area (Å²) in [4.78, 5) is 0. The van der Waals surface area contributed by atoms with Crippen LogP contribution in [0, 0.1) is 13.8 Å². The molecule has 0 saturated carbocycles. The molecule has 7 heteroatoms. The summed E-state index contributed by atoms with van der Waals surface area (Å²) in [5.74, 6) is 0. The van der Waals surface area contributed by atoms with Gasteiger partial charge in [-0.1, -0.05) is 29.3 Å². The van der Waals surface area contributed by atoms with Gasteiger partial charge in [0, 0.05) is 21.0 Å². The molecular weight excluding hydrogens is 360 g/mol. The highest BCUT2D eigenvalue weighted by molar-refractivity contribution is 6.36. The zero-order chi connectivity index (χ0) is 17.6. The minimum absolute atomic E-state index is 0.287. The van der Waals surface area contributed by atoms with Crippen LogP contribution in [-0.4, -0.2) is 9.78 Å². The van der Waals surface area contributed by atoms with Crippen LogP contribution in [-0.2, 0) is 12.7 Å². The molecule has 0 bridgehead atoms. The van der Waals surface area contributed by atoms with Crippen molar-refractivity contribution in [2.45, 2.75) is 26.6 Å². The number of halogens is 5. The fourth-order valence-electron chi connectivity index (χ4n) is 2.79. The van der Waals surface area contributed by atoms with Crippen LogP contribution >= 0.6 is 23.2 Å². The van der Waals surface area contributed by atoms with Gasteiger partial charge in [-0.2, -0.15) is 18.3 Å². The molecule has 24 heavy (non-hydrogen) atoms. The van der Waals surface area contributed by atoms with E-state index in [0.717, 1.165) is 12.1 Å². The third kappa shape index (κ3) is 2.98. The van der Waals surface area contributed by atoms with Crippen molar-refractivity contribution < 1.29 is 13.2 Å². The molecule has 0 atom stereocenters. The number of benzene rings is 2. The van der Waals surface area contributed by atoms with Gasteiger partial charge in [0.15, 0.2) is 0 Å². The van der Waals surface area contributed by atoms with Crippen LogP contribution in [0.25, 0.3) is 10.9 Å². The summed E-state index contributed by atoms with van der Waals surface area (Å²) in [7, 11) is 0. The van der Waals surface area contributed by atoms with Crippen molar-refractivity contribution in [3.05, 3.63) is 62.8 Å². The second kappa shape index (κ2) is 5.97. The van der Waals surface area contributed by atoms with Gasteiger partial charge in [-0.15, -0.1) is 0 Å². The highest BCUT2D eigenvalue weighted by atomic mass is 35.5. The molecule has 0 aliphatic rings. The van der Waals surface area contributed by atoms with E-state index in [1.807, 2.05) is 0 Å². The molecule has 0 radical (unpaired) electrons. The standard InChI is InChI=1S/C17H13Cl2F3N2/c1-9-6-11(17(20,21)22)7-12-10(2)23-24(16(9)12)8-13-14(18)4-3-5-15(13)19/h3-7H,8H2,1-2H3. The van der Waals surface area contributed by atoms with E-state index >= 15 is 0 Å². The van der Waals surface area contributed by atoms with Gasteiger partial charge in [0.1, 0.15) is 0 Å². The van der Waals surface area contributed by atoms with Gasteiger partial charge in [-0.3, -0.25) is 4.68 Å². The maximum absolute atomic E-state index is 13.0. The fourth-order valence-corrected chi connectivity index (χ4v) is 3.31. The third-order valence-corrected chi connectivity index (χ3v) is 4.62. The lowest BCUT2D eigenvalue weighted by molar-refractivity contribution is -0.137. The molecule has 1 heterocycles. The summed E-state index contributed by atoms with van der Waals surface area (Å²) < 4.78 is 40.7. The van der Waals surface area contributed by atoms with Crippen LogP contribution in [0.2, 0.25) is 10.0 Å². The smallest absolute Gasteiger partial charge is 0.260 e. The Hall–Kier alpha value is -1.72. The Labute approximate surface area is 146 Å². The Kier molecular flexibility index (Phi) is 4.26. The van der Waals surface area contributed by atoms with Gasteiger partial charge in [0.25, 0.3) is 0 Å². The Bertz CT molecular complexity index is 909. The van der Waals surface area contributed by atoms with Crippen LogP contribution in [0.5, 0.6) is 0 Å². The molecule has 0 fully saturated rings. The number of nitrogens with zero attached hydrogens (tertiary/aromatic N) is 2. The second-order valence-electron chi connectivity index (χ2n) is 5.63. The minimum Gasteiger partial charge on any atom is -0.260 e. The van der Waals surface area contributed by atoms with Crippen molar-refractivity contribution in [3.8, 4) is 0 Å². The first-order valence-corrected chi connectivity index (χ1v) is 7.92. The van der Waals surface area contributed by atoms with E-state index in [0.29, 0.717) is 37.8 Å². The van der Waals surface area contributed by atoms with Crippen molar-refractivity contribution in [2.24, 2.45) is 0 Å². The molecule has 0 unspecified atom stereocenters. The highest BCUT2D eigenvalue weighted by Gasteiger charge is 2.31. The SMILES string of the molecule is Cc1nn(Cc2c(Cl)cccc2Cl)c2c(C)cc(C(F)(F)F)cc12. The first kappa shape index (κ1) is 17.1. The van der Waals surface area contributed by atoms with Gasteiger partial charge < -0.3 is 0 Å². The van der Waals surface area contributed by atoms with Gasteiger partial charge in [0.2, 0.25) is 0 Å². The summed E-state index contributed by atoms with van der Waals surface area (Å²) in [6.07, 6.45) is -4.39. The van der Waals surface area contributed by atoms with Crippen LogP contribution in [0.1, 0.15) is 22.4 Å². The van der Waals surface area contributed by atoms with Gasteiger partial charge in [-0.05, 0) is 43.7 Å². The summed E-state index contributed by atoms with van der Waals surface area (Å²) in [5.41, 5.74) is 1.69. The normalized spacial score (nSPS) is 12.1. The summed E-state index contributed by atoms with van der Waals surface area (Å²) in [6.45, 7) is 3.62. The van der Waals surface area contributed by atoms with Crippen molar-refractivity contribution in [1.29, 1.82) is 0 Å². The quantitative estimate of drug-likeness (QED) is 0.537. The van der Waals surface area contributed by atoms with Crippen molar-refractivity contribution in [1.82, 2.24) is 9.78 Å². The van der Waals surface area contributed by atoms with E-state index in [1.165, 1.54) is 0 Å². The predicted octanol–water partition coefficient (Wildman–Crippen LogP) is 6.03. The molecule has 0 aliphatic heterocycles. The minimum atomic E-state index is -4.39. The van der Waals surface area contributed by atoms with Crippen LogP contribution < -0.4 is 0 Å². The van der Waals surface area contributed by atoms with Gasteiger partial charge >= 0.3 is 6.18 Å². The number of rotatable bonds is 2. The molecule has 0 saturated heterocycles. The van der Waals surface area contributed by atoms with Crippen molar-refractivity contribution in [2.75, 3.05) is 0 Å². The van der Waals surface area contributed by atoms with E-state index in [9.17, 15) is 13.2 Å². The lowest BCUT2D eigenvalue weighted by Gasteiger charge is -2.11. The molecule has 126 valence electrons. The lowest BCUT2D eigenvalue weighted by atomic mass is 10.1. The van der Waals surface area contributed by atoms with Crippen molar-refractivity contribution >= 4 is 34.1 Å². The Morgan fingerprint density at radius 3 is 2.29 bits per heavy atom. The van der Waals surface area contributed by atoms with E-state index in [1.54, 1.807) is 36.7 Å². The highest BCUT2D eigenvalue weighted by Crippen LogP contribution is 2.35. The maximum atomic E-state index is 13.0. The van der Waals surface area contributed by atoms with E-state index in [4.69, 9.17) is 23.2 Å². The summed E-state index contributed by atoms with van der Waals surface area (Å²) >= 11 is 12.4. The molecule has 2 nitrogen and oxygen atoms in total. The number of hydrogen-bond donors (Lipinski definition) is 0. The summed E-state index contributed by atoms with van der Waals surface area (Å²) in [5, 5.41) is 5.85. The molecule has 3 aromatic rings. The van der Waals surface area contributed by atoms with Crippen LogP contribution in [0.3, 0.4) is 0 Å². The van der Waals surface area contributed by atoms with Crippen LogP contribution in [0.15, 0.2) is 30.3 Å². The maximum Gasteiger partial charge on any atom is 0.416 e. The number of aromatic nitrogens is 2. The zero-order valence-electron chi connectivity index (χ0n) is 12.9. The Morgan fingerprint density at radius 1 is 1.08 bits per heavy atom.